The summed E-state index contributed by atoms with van der Waals surface area (Å²) in [5.74, 6) is 0. The average Bonchev–Trinajstić information content (AvgIpc) is 2.77. The maximum absolute atomic E-state index is 8.74. The zero-order valence-electron chi connectivity index (χ0n) is 18.0. The minimum Gasteiger partial charge on any atom is -0.264 e. The summed E-state index contributed by atoms with van der Waals surface area (Å²) in [6, 6.07) is 33.8. The molecule has 0 aliphatic rings. The molecule has 0 atom stereocenters. The van der Waals surface area contributed by atoms with Crippen LogP contribution in [0.15, 0.2) is 91.0 Å². The van der Waals surface area contributed by atoms with Gasteiger partial charge in [0.1, 0.15) is 0 Å². The fraction of sp³-hybridized carbons (Fsp3) is 0.280. The Morgan fingerprint density at radius 2 is 0.935 bits per heavy atom. The number of hydrogen-bond donors (Lipinski definition) is 2. The van der Waals surface area contributed by atoms with Crippen LogP contribution in [0.1, 0.15) is 39.0 Å². The molecular formula is C25H33O4PS. The van der Waals surface area contributed by atoms with Gasteiger partial charge in [0, 0.05) is 0 Å². The van der Waals surface area contributed by atoms with Crippen molar-refractivity contribution in [1.29, 1.82) is 0 Å². The van der Waals surface area contributed by atoms with E-state index in [0.717, 1.165) is 0 Å². The predicted molar refractivity (Wildman–Crippen MR) is 134 cm³/mol. The van der Waals surface area contributed by atoms with Gasteiger partial charge in [0.05, 0.1) is 0 Å². The van der Waals surface area contributed by atoms with E-state index in [1.807, 2.05) is 0 Å². The molecule has 0 fully saturated rings. The van der Waals surface area contributed by atoms with Gasteiger partial charge in [-0.2, -0.15) is 8.42 Å². The van der Waals surface area contributed by atoms with E-state index < -0.39 is 17.7 Å². The van der Waals surface area contributed by atoms with Crippen molar-refractivity contribution >= 4 is 33.6 Å². The summed E-state index contributed by atoms with van der Waals surface area (Å²) in [7, 11) is -6.65. The molecule has 168 valence electrons. The second kappa shape index (κ2) is 12.7. The van der Waals surface area contributed by atoms with Crippen LogP contribution < -0.4 is 15.9 Å². The molecule has 0 aliphatic carbocycles. The van der Waals surface area contributed by atoms with Gasteiger partial charge in [0.25, 0.3) is 0 Å². The van der Waals surface area contributed by atoms with Crippen LogP contribution in [0.25, 0.3) is 0 Å². The van der Waals surface area contributed by atoms with Gasteiger partial charge in [0.2, 0.25) is 0 Å². The normalized spacial score (nSPS) is 12.0. The Balaban J connectivity index is 0.000000614. The molecule has 31 heavy (non-hydrogen) atoms. The van der Waals surface area contributed by atoms with Gasteiger partial charge in [-0.3, -0.25) is 9.11 Å². The van der Waals surface area contributed by atoms with Crippen LogP contribution in [-0.2, 0) is 10.4 Å². The van der Waals surface area contributed by atoms with Crippen LogP contribution in [-0.4, -0.2) is 23.7 Å². The van der Waals surface area contributed by atoms with Gasteiger partial charge in [-0.1, -0.05) is 0 Å². The number of hydrogen-bond acceptors (Lipinski definition) is 2. The zero-order valence-corrected chi connectivity index (χ0v) is 19.8. The van der Waals surface area contributed by atoms with Crippen LogP contribution in [0.4, 0.5) is 0 Å². The molecule has 0 aliphatic heterocycles. The molecule has 3 aromatic rings. The zero-order chi connectivity index (χ0) is 22.6. The summed E-state index contributed by atoms with van der Waals surface area (Å²) < 4.78 is 31.6. The first kappa shape index (κ1) is 25.2. The fourth-order valence-electron chi connectivity index (χ4n) is 4.09. The molecule has 0 amide bonds. The monoisotopic (exact) mass is 460 g/mol. The Kier molecular flexibility index (Phi) is 10.4. The predicted octanol–water partition coefficient (Wildman–Crippen LogP) is 5.03. The molecule has 3 rings (SSSR count). The van der Waals surface area contributed by atoms with Crippen LogP contribution in [0.2, 0.25) is 0 Å². The third-order valence-electron chi connectivity index (χ3n) is 5.46. The Morgan fingerprint density at radius 3 is 1.26 bits per heavy atom. The number of rotatable bonds is 9. The van der Waals surface area contributed by atoms with Crippen molar-refractivity contribution in [3.63, 3.8) is 0 Å². The van der Waals surface area contributed by atoms with Crippen LogP contribution in [0, 0.1) is 0 Å². The molecule has 3 aromatic carbocycles. The average molecular weight is 461 g/mol. The van der Waals surface area contributed by atoms with E-state index >= 15 is 0 Å². The van der Waals surface area contributed by atoms with E-state index in [1.165, 1.54) is 54.2 Å². The van der Waals surface area contributed by atoms with Crippen molar-refractivity contribution < 1.29 is 17.5 Å². The molecular weight excluding hydrogens is 427 g/mol. The van der Waals surface area contributed by atoms with Crippen molar-refractivity contribution in [2.45, 2.75) is 39.0 Å². The summed E-state index contributed by atoms with van der Waals surface area (Å²) >= 11 is 0. The van der Waals surface area contributed by atoms with Gasteiger partial charge >= 0.3 is 170 Å². The molecule has 0 radical (unpaired) electrons. The minimum atomic E-state index is -4.67. The third-order valence-corrected chi connectivity index (χ3v) is 10.5. The third kappa shape index (κ3) is 8.19. The second-order valence-corrected chi connectivity index (χ2v) is 12.6. The van der Waals surface area contributed by atoms with Crippen molar-refractivity contribution in [1.82, 2.24) is 0 Å². The Hall–Kier alpha value is -2.04. The molecule has 0 bridgehead atoms. The van der Waals surface area contributed by atoms with Gasteiger partial charge in [-0.25, -0.2) is 0 Å². The van der Waals surface area contributed by atoms with E-state index in [-0.39, 0.29) is 0 Å². The topological polar surface area (TPSA) is 74.6 Å². The maximum Gasteiger partial charge on any atom is 0.394 e. The second-order valence-electron chi connectivity index (χ2n) is 7.62. The largest absolute Gasteiger partial charge is 0.394 e. The molecule has 0 saturated heterocycles. The molecule has 0 heterocycles. The van der Waals surface area contributed by atoms with E-state index in [4.69, 9.17) is 17.5 Å². The number of benzene rings is 3. The summed E-state index contributed by atoms with van der Waals surface area (Å²) in [5.41, 5.74) is 0. The molecule has 0 unspecified atom stereocenters. The smallest absolute Gasteiger partial charge is 0.264 e. The maximum atomic E-state index is 8.74. The molecule has 0 spiro atoms. The van der Waals surface area contributed by atoms with Gasteiger partial charge in [0.15, 0.2) is 0 Å². The minimum absolute atomic E-state index is 1.29. The van der Waals surface area contributed by atoms with E-state index in [0.29, 0.717) is 0 Å². The van der Waals surface area contributed by atoms with E-state index in [1.54, 1.807) is 0 Å². The first-order valence-electron chi connectivity index (χ1n) is 10.7. The molecule has 6 heteroatoms. The van der Waals surface area contributed by atoms with Crippen molar-refractivity contribution in [3.05, 3.63) is 91.0 Å². The van der Waals surface area contributed by atoms with Gasteiger partial charge < -0.3 is 0 Å². The summed E-state index contributed by atoms with van der Waals surface area (Å²) in [5, 5.41) is 4.61. The molecule has 0 saturated carbocycles. The molecule has 0 aromatic heterocycles. The Labute approximate surface area is 187 Å². The summed E-state index contributed by atoms with van der Waals surface area (Å²) in [6.07, 6.45) is 7.96. The quantitative estimate of drug-likeness (QED) is 0.267. The van der Waals surface area contributed by atoms with Crippen LogP contribution >= 0.6 is 7.26 Å². The first-order valence-corrected chi connectivity index (χ1v) is 14.3. The van der Waals surface area contributed by atoms with Crippen molar-refractivity contribution in [2.24, 2.45) is 0 Å². The molecule has 2 N–H and O–H groups in total. The summed E-state index contributed by atoms with van der Waals surface area (Å²) in [4.78, 5) is 0. The molecule has 4 nitrogen and oxygen atoms in total. The summed E-state index contributed by atoms with van der Waals surface area (Å²) in [6.45, 7) is 2.29. The fourth-order valence-corrected chi connectivity index (χ4v) is 9.03. The standard InChI is InChI=1S/C25H31P.H2O4S/c1-2-3-4-5-15-22-26(23-16-9-6-10-17-23,24-18-11-7-12-19-24)25-20-13-8-14-21-25;1-5(2,3)4/h6-14,16-21,26H,2-5,15,22H2,1H3;(H2,1,2,3,4). The van der Waals surface area contributed by atoms with E-state index in [2.05, 4.69) is 97.9 Å². The Morgan fingerprint density at radius 1 is 0.613 bits per heavy atom. The Bertz CT molecular complexity index is 873. The van der Waals surface area contributed by atoms with Gasteiger partial charge in [-0.05, 0) is 0 Å². The van der Waals surface area contributed by atoms with Gasteiger partial charge in [-0.15, -0.1) is 0 Å². The number of unbranched alkanes of at least 4 members (excludes halogenated alkanes) is 4. The first-order chi connectivity index (χ1) is 14.9. The SMILES string of the molecule is CCCCCCC[PH](c1ccccc1)(c1ccccc1)c1ccccc1.O=S(=O)(O)O. The van der Waals surface area contributed by atoms with Crippen LogP contribution in [0.3, 0.4) is 0 Å². The van der Waals surface area contributed by atoms with Crippen molar-refractivity contribution in [2.75, 3.05) is 6.16 Å². The van der Waals surface area contributed by atoms with Crippen molar-refractivity contribution in [3.8, 4) is 0 Å². The van der Waals surface area contributed by atoms with Crippen LogP contribution in [0.5, 0.6) is 0 Å². The van der Waals surface area contributed by atoms with E-state index in [9.17, 15) is 0 Å².